The molecule has 0 radical (unpaired) electrons. The van der Waals surface area contributed by atoms with E-state index >= 15 is 0 Å². The van der Waals surface area contributed by atoms with Crippen molar-refractivity contribution in [3.8, 4) is 11.5 Å². The van der Waals surface area contributed by atoms with Crippen LogP contribution in [0.15, 0.2) is 53.7 Å². The number of thioether (sulfide) groups is 1. The minimum atomic E-state index is -4.74. The number of nitrogen functional groups attached to an aromatic ring is 1. The molecule has 0 bridgehead atoms. The molecule has 1 heterocycles. The minimum absolute atomic E-state index is 0.212. The van der Waals surface area contributed by atoms with Crippen molar-refractivity contribution in [2.24, 2.45) is 0 Å². The van der Waals surface area contributed by atoms with Crippen molar-refractivity contribution in [1.29, 1.82) is 0 Å². The standard InChI is InChI=1S/C20H20F3N5O3S/c1-30-14-7-3-12(4-8-14)17(13-5-9-15(31-2)10-6-13)25-16(29)11-32-19-27-26-18(28(19)24)20(21,22)23/h3-10,17H,11,24H2,1-2H3,(H,25,29). The quantitative estimate of drug-likeness (QED) is 0.388. The molecule has 12 heteroatoms. The average molecular weight is 467 g/mol. The predicted octanol–water partition coefficient (Wildman–Crippen LogP) is 3.03. The Morgan fingerprint density at radius 2 is 1.53 bits per heavy atom. The largest absolute Gasteiger partial charge is 0.497 e. The third-order valence-corrected chi connectivity index (χ3v) is 5.40. The van der Waals surface area contributed by atoms with Gasteiger partial charge in [0.2, 0.25) is 11.1 Å². The molecule has 0 spiro atoms. The highest BCUT2D eigenvalue weighted by atomic mass is 32.2. The van der Waals surface area contributed by atoms with Gasteiger partial charge in [0, 0.05) is 0 Å². The summed E-state index contributed by atoms with van der Waals surface area (Å²) in [5.74, 6) is 4.75. The number of carbonyl (C=O) groups is 1. The van der Waals surface area contributed by atoms with Crippen LogP contribution in [0.2, 0.25) is 0 Å². The topological polar surface area (TPSA) is 104 Å². The molecule has 0 aliphatic heterocycles. The number of nitrogens with two attached hydrogens (primary N) is 1. The first-order valence-corrected chi connectivity index (χ1v) is 10.2. The van der Waals surface area contributed by atoms with Crippen LogP contribution < -0.4 is 20.6 Å². The van der Waals surface area contributed by atoms with Crippen LogP contribution in [-0.2, 0) is 11.0 Å². The van der Waals surface area contributed by atoms with E-state index in [1.165, 1.54) is 0 Å². The molecule has 2 aromatic carbocycles. The number of alkyl halides is 3. The number of benzene rings is 2. The Morgan fingerprint density at radius 3 is 1.94 bits per heavy atom. The summed E-state index contributed by atoms with van der Waals surface area (Å²) in [5, 5.41) is 9.12. The third kappa shape index (κ3) is 5.44. The summed E-state index contributed by atoms with van der Waals surface area (Å²) in [6, 6.07) is 13.8. The zero-order valence-electron chi connectivity index (χ0n) is 17.1. The Bertz CT molecular complexity index is 1010. The number of ether oxygens (including phenoxy) is 2. The van der Waals surface area contributed by atoms with Gasteiger partial charge in [0.1, 0.15) is 11.5 Å². The van der Waals surface area contributed by atoms with Gasteiger partial charge in [-0.1, -0.05) is 36.0 Å². The first kappa shape index (κ1) is 23.3. The van der Waals surface area contributed by atoms with Crippen molar-refractivity contribution in [3.63, 3.8) is 0 Å². The summed E-state index contributed by atoms with van der Waals surface area (Å²) >= 11 is 0.749. The number of methoxy groups -OCH3 is 2. The van der Waals surface area contributed by atoms with Crippen molar-refractivity contribution in [2.45, 2.75) is 17.4 Å². The maximum Gasteiger partial charge on any atom is 0.453 e. The maximum atomic E-state index is 12.8. The normalized spacial score (nSPS) is 11.4. The van der Waals surface area contributed by atoms with E-state index in [2.05, 4.69) is 15.5 Å². The van der Waals surface area contributed by atoms with Gasteiger partial charge in [-0.2, -0.15) is 13.2 Å². The second kappa shape index (κ2) is 9.81. The van der Waals surface area contributed by atoms with Crippen molar-refractivity contribution >= 4 is 17.7 Å². The molecule has 1 aromatic heterocycles. The van der Waals surface area contributed by atoms with Gasteiger partial charge in [0.15, 0.2) is 0 Å². The molecule has 0 saturated heterocycles. The van der Waals surface area contributed by atoms with Crippen molar-refractivity contribution in [2.75, 3.05) is 25.8 Å². The Kier molecular flexibility index (Phi) is 7.13. The van der Waals surface area contributed by atoms with Crippen molar-refractivity contribution in [3.05, 3.63) is 65.5 Å². The summed E-state index contributed by atoms with van der Waals surface area (Å²) in [5.41, 5.74) is 1.58. The molecule has 32 heavy (non-hydrogen) atoms. The zero-order chi connectivity index (χ0) is 23.3. The number of halogens is 3. The number of amides is 1. The zero-order valence-corrected chi connectivity index (χ0v) is 17.9. The Labute approximate surface area is 185 Å². The highest BCUT2D eigenvalue weighted by Gasteiger charge is 2.38. The average Bonchev–Trinajstić information content (AvgIpc) is 3.17. The fourth-order valence-electron chi connectivity index (χ4n) is 2.85. The summed E-state index contributed by atoms with van der Waals surface area (Å²) < 4.78 is 49.1. The number of nitrogens with one attached hydrogen (secondary N) is 1. The molecule has 3 N–H and O–H groups in total. The van der Waals surface area contributed by atoms with Gasteiger partial charge in [-0.15, -0.1) is 10.2 Å². The van der Waals surface area contributed by atoms with E-state index in [0.717, 1.165) is 22.9 Å². The third-order valence-electron chi connectivity index (χ3n) is 4.45. The molecule has 8 nitrogen and oxygen atoms in total. The van der Waals surface area contributed by atoms with Gasteiger partial charge in [-0.3, -0.25) is 4.79 Å². The van der Waals surface area contributed by atoms with Gasteiger partial charge in [-0.25, -0.2) is 4.68 Å². The Morgan fingerprint density at radius 1 is 1.03 bits per heavy atom. The molecular weight excluding hydrogens is 447 g/mol. The number of carbonyl (C=O) groups excluding carboxylic acids is 1. The second-order valence-electron chi connectivity index (χ2n) is 6.51. The highest BCUT2D eigenvalue weighted by Crippen LogP contribution is 2.29. The molecule has 0 saturated carbocycles. The Balaban J connectivity index is 1.76. The van der Waals surface area contributed by atoms with Crippen LogP contribution in [0.1, 0.15) is 23.0 Å². The van der Waals surface area contributed by atoms with E-state index in [9.17, 15) is 18.0 Å². The van der Waals surface area contributed by atoms with Crippen LogP contribution >= 0.6 is 11.8 Å². The fourth-order valence-corrected chi connectivity index (χ4v) is 3.52. The van der Waals surface area contributed by atoms with Crippen LogP contribution in [0, 0.1) is 0 Å². The number of hydrogen-bond acceptors (Lipinski definition) is 7. The SMILES string of the molecule is COc1ccc(C(NC(=O)CSc2nnc(C(F)(F)F)n2N)c2ccc(OC)cc2)cc1. The minimum Gasteiger partial charge on any atom is -0.497 e. The van der Waals surface area contributed by atoms with Gasteiger partial charge in [0.25, 0.3) is 5.82 Å². The number of rotatable bonds is 8. The maximum absolute atomic E-state index is 12.8. The first-order valence-electron chi connectivity index (χ1n) is 9.20. The molecule has 0 atom stereocenters. The molecule has 170 valence electrons. The van der Waals surface area contributed by atoms with E-state index in [1.54, 1.807) is 38.5 Å². The second-order valence-corrected chi connectivity index (χ2v) is 7.45. The van der Waals surface area contributed by atoms with Crippen molar-refractivity contribution < 1.29 is 27.4 Å². The molecule has 1 amide bonds. The molecule has 0 unspecified atom stereocenters. The Hall–Kier alpha value is -3.41. The summed E-state index contributed by atoms with van der Waals surface area (Å²) in [7, 11) is 3.10. The molecule has 0 fully saturated rings. The van der Waals surface area contributed by atoms with Gasteiger partial charge in [0.05, 0.1) is 26.0 Å². The fraction of sp³-hybridized carbons (Fsp3) is 0.250. The van der Waals surface area contributed by atoms with Gasteiger partial charge >= 0.3 is 6.18 Å². The van der Waals surface area contributed by atoms with E-state index in [4.69, 9.17) is 15.3 Å². The van der Waals surface area contributed by atoms with E-state index in [0.29, 0.717) is 16.2 Å². The molecular formula is C20H20F3N5O3S. The molecule has 0 aliphatic carbocycles. The van der Waals surface area contributed by atoms with Crippen LogP contribution in [-0.4, -0.2) is 40.8 Å². The van der Waals surface area contributed by atoms with Crippen LogP contribution in [0.3, 0.4) is 0 Å². The number of nitrogens with zero attached hydrogens (tertiary/aromatic N) is 3. The number of hydrogen-bond donors (Lipinski definition) is 2. The van der Waals surface area contributed by atoms with Gasteiger partial charge in [-0.05, 0) is 35.4 Å². The molecule has 0 aliphatic rings. The lowest BCUT2D eigenvalue weighted by Crippen LogP contribution is -2.31. The lowest BCUT2D eigenvalue weighted by Gasteiger charge is -2.20. The molecule has 3 aromatic rings. The summed E-state index contributed by atoms with van der Waals surface area (Å²) in [6.07, 6.45) is -4.74. The van der Waals surface area contributed by atoms with Crippen molar-refractivity contribution in [1.82, 2.24) is 20.2 Å². The van der Waals surface area contributed by atoms with Crippen LogP contribution in [0.25, 0.3) is 0 Å². The smallest absolute Gasteiger partial charge is 0.453 e. The lowest BCUT2D eigenvalue weighted by atomic mass is 9.98. The van der Waals surface area contributed by atoms with E-state index in [-0.39, 0.29) is 10.9 Å². The van der Waals surface area contributed by atoms with E-state index in [1.807, 2.05) is 24.3 Å². The molecule has 3 rings (SSSR count). The van der Waals surface area contributed by atoms with E-state index < -0.39 is 23.9 Å². The first-order chi connectivity index (χ1) is 15.2. The summed E-state index contributed by atoms with van der Waals surface area (Å²) in [6.45, 7) is 0. The number of aromatic nitrogens is 3. The summed E-state index contributed by atoms with van der Waals surface area (Å²) in [4.78, 5) is 12.6. The van der Waals surface area contributed by atoms with Gasteiger partial charge < -0.3 is 20.6 Å². The van der Waals surface area contributed by atoms with Crippen LogP contribution in [0.4, 0.5) is 13.2 Å². The highest BCUT2D eigenvalue weighted by molar-refractivity contribution is 7.99. The predicted molar refractivity (Wildman–Crippen MR) is 112 cm³/mol. The van der Waals surface area contributed by atoms with Crippen LogP contribution in [0.5, 0.6) is 11.5 Å². The monoisotopic (exact) mass is 467 g/mol. The lowest BCUT2D eigenvalue weighted by molar-refractivity contribution is -0.146.